The highest BCUT2D eigenvalue weighted by molar-refractivity contribution is 5.95. The molecular formula is C16H20N2O3. The van der Waals surface area contributed by atoms with Crippen molar-refractivity contribution in [2.45, 2.75) is 26.3 Å². The number of carboxylic acid groups (broad SMARTS) is 1. The molecule has 112 valence electrons. The van der Waals surface area contributed by atoms with Crippen molar-refractivity contribution in [2.75, 3.05) is 18.4 Å². The Kier molecular flexibility index (Phi) is 4.75. The lowest BCUT2D eigenvalue weighted by atomic mass is 10.1. The Morgan fingerprint density at radius 1 is 1.29 bits per heavy atom. The summed E-state index contributed by atoms with van der Waals surface area (Å²) in [5.74, 6) is -1.03. The molecule has 0 bridgehead atoms. The van der Waals surface area contributed by atoms with Gasteiger partial charge in [-0.2, -0.15) is 0 Å². The van der Waals surface area contributed by atoms with Crippen molar-refractivity contribution >= 4 is 17.6 Å². The monoisotopic (exact) mass is 288 g/mol. The van der Waals surface area contributed by atoms with Crippen LogP contribution in [-0.4, -0.2) is 41.0 Å². The van der Waals surface area contributed by atoms with Crippen molar-refractivity contribution in [1.29, 1.82) is 0 Å². The first-order valence-electron chi connectivity index (χ1n) is 7.01. The number of nitrogens with one attached hydrogen (secondary N) is 1. The van der Waals surface area contributed by atoms with Crippen molar-refractivity contribution < 1.29 is 14.7 Å². The lowest BCUT2D eigenvalue weighted by Crippen LogP contribution is -2.45. The Hall–Kier alpha value is -2.14. The molecule has 0 saturated heterocycles. The molecule has 1 amide bonds. The van der Waals surface area contributed by atoms with Gasteiger partial charge in [-0.25, -0.2) is 4.79 Å². The first-order valence-corrected chi connectivity index (χ1v) is 7.01. The molecule has 2 N–H and O–H groups in total. The number of hydrogen-bond donors (Lipinski definition) is 2. The normalized spacial score (nSPS) is 17.0. The second-order valence-electron chi connectivity index (χ2n) is 5.32. The van der Waals surface area contributed by atoms with E-state index in [-0.39, 0.29) is 11.9 Å². The molecule has 5 heteroatoms. The summed E-state index contributed by atoms with van der Waals surface area (Å²) in [6.07, 6.45) is 2.38. The molecule has 0 fully saturated rings. The molecular weight excluding hydrogens is 268 g/mol. The Labute approximate surface area is 124 Å². The zero-order valence-electron chi connectivity index (χ0n) is 12.3. The Morgan fingerprint density at radius 2 is 1.95 bits per heavy atom. The number of rotatable bonds is 4. The molecule has 1 aliphatic rings. The third-order valence-electron chi connectivity index (χ3n) is 3.70. The van der Waals surface area contributed by atoms with Crippen molar-refractivity contribution in [1.82, 2.24) is 4.90 Å². The highest BCUT2D eigenvalue weighted by Crippen LogP contribution is 2.15. The molecule has 21 heavy (non-hydrogen) atoms. The Morgan fingerprint density at radius 3 is 2.57 bits per heavy atom. The van der Waals surface area contributed by atoms with Gasteiger partial charge in [0.2, 0.25) is 5.91 Å². The summed E-state index contributed by atoms with van der Waals surface area (Å²) < 4.78 is 0. The molecule has 0 saturated carbocycles. The minimum absolute atomic E-state index is 0.120. The quantitative estimate of drug-likeness (QED) is 0.889. The van der Waals surface area contributed by atoms with Crippen LogP contribution in [0.25, 0.3) is 0 Å². The fraction of sp³-hybridized carbons (Fsp3) is 0.375. The molecule has 1 aromatic carbocycles. The van der Waals surface area contributed by atoms with Gasteiger partial charge in [0.25, 0.3) is 0 Å². The molecule has 0 spiro atoms. The zero-order chi connectivity index (χ0) is 15.4. The number of carboxylic acids is 1. The van der Waals surface area contributed by atoms with E-state index in [0.717, 1.165) is 11.3 Å². The van der Waals surface area contributed by atoms with Crippen molar-refractivity contribution in [3.8, 4) is 0 Å². The van der Waals surface area contributed by atoms with Gasteiger partial charge in [0.15, 0.2) is 0 Å². The van der Waals surface area contributed by atoms with E-state index in [2.05, 4.69) is 5.32 Å². The number of aryl methyl sites for hydroxylation is 1. The van der Waals surface area contributed by atoms with Gasteiger partial charge in [0.05, 0.1) is 6.04 Å². The zero-order valence-corrected chi connectivity index (χ0v) is 12.3. The van der Waals surface area contributed by atoms with Crippen LogP contribution in [0.4, 0.5) is 5.69 Å². The minimum Gasteiger partial charge on any atom is -0.478 e. The Balaban J connectivity index is 1.98. The second kappa shape index (κ2) is 6.54. The molecule has 0 radical (unpaired) electrons. The number of aliphatic carboxylic acids is 1. The van der Waals surface area contributed by atoms with Gasteiger partial charge in [-0.1, -0.05) is 23.8 Å². The van der Waals surface area contributed by atoms with Crippen LogP contribution in [-0.2, 0) is 9.59 Å². The fourth-order valence-electron chi connectivity index (χ4n) is 2.30. The molecule has 1 aromatic rings. The van der Waals surface area contributed by atoms with Crippen LogP contribution in [0.2, 0.25) is 0 Å². The van der Waals surface area contributed by atoms with Crippen LogP contribution in [0.15, 0.2) is 35.9 Å². The molecule has 5 nitrogen and oxygen atoms in total. The van der Waals surface area contributed by atoms with E-state index in [4.69, 9.17) is 5.11 Å². The number of anilines is 1. The van der Waals surface area contributed by atoms with E-state index in [9.17, 15) is 9.59 Å². The number of carbonyl (C=O) groups excluding carboxylic acids is 1. The SMILES string of the molecule is Cc1ccc(NC(=O)C(C)N2CCC=C(C(=O)O)C2)cc1. The van der Waals surface area contributed by atoms with Crippen LogP contribution < -0.4 is 5.32 Å². The number of amides is 1. The summed E-state index contributed by atoms with van der Waals surface area (Å²) in [6.45, 7) is 4.78. The number of carbonyl (C=O) groups is 2. The van der Waals surface area contributed by atoms with Crippen molar-refractivity contribution in [3.63, 3.8) is 0 Å². The van der Waals surface area contributed by atoms with Gasteiger partial charge in [-0.3, -0.25) is 9.69 Å². The average Bonchev–Trinajstić information content (AvgIpc) is 2.49. The Bertz CT molecular complexity index is 563. The van der Waals surface area contributed by atoms with Crippen LogP contribution in [0.5, 0.6) is 0 Å². The van der Waals surface area contributed by atoms with E-state index in [1.165, 1.54) is 0 Å². The lowest BCUT2D eigenvalue weighted by molar-refractivity contribution is -0.133. The van der Waals surface area contributed by atoms with Gasteiger partial charge in [0.1, 0.15) is 0 Å². The van der Waals surface area contributed by atoms with E-state index in [1.807, 2.05) is 36.1 Å². The number of hydrogen-bond acceptors (Lipinski definition) is 3. The van der Waals surface area contributed by atoms with Gasteiger partial charge >= 0.3 is 5.97 Å². The topological polar surface area (TPSA) is 69.6 Å². The number of benzene rings is 1. The van der Waals surface area contributed by atoms with Crippen LogP contribution in [0.3, 0.4) is 0 Å². The van der Waals surface area contributed by atoms with Crippen LogP contribution >= 0.6 is 0 Å². The highest BCUT2D eigenvalue weighted by Gasteiger charge is 2.25. The molecule has 1 heterocycles. The van der Waals surface area contributed by atoms with Gasteiger partial charge in [0, 0.05) is 24.4 Å². The summed E-state index contributed by atoms with van der Waals surface area (Å²) >= 11 is 0. The van der Waals surface area contributed by atoms with E-state index in [0.29, 0.717) is 25.1 Å². The minimum atomic E-state index is -0.911. The first kappa shape index (κ1) is 15.3. The van der Waals surface area contributed by atoms with E-state index in [1.54, 1.807) is 13.0 Å². The number of nitrogens with zero attached hydrogens (tertiary/aromatic N) is 1. The summed E-state index contributed by atoms with van der Waals surface area (Å²) in [6, 6.07) is 7.23. The third-order valence-corrected chi connectivity index (χ3v) is 3.70. The fourth-order valence-corrected chi connectivity index (χ4v) is 2.30. The molecule has 0 aliphatic carbocycles. The van der Waals surface area contributed by atoms with E-state index < -0.39 is 5.97 Å². The maximum absolute atomic E-state index is 12.3. The summed E-state index contributed by atoms with van der Waals surface area (Å²) in [7, 11) is 0. The van der Waals surface area contributed by atoms with E-state index >= 15 is 0 Å². The van der Waals surface area contributed by atoms with Crippen LogP contribution in [0, 0.1) is 6.92 Å². The van der Waals surface area contributed by atoms with Crippen molar-refractivity contribution in [3.05, 3.63) is 41.5 Å². The predicted octanol–water partition coefficient (Wildman–Crippen LogP) is 2.04. The average molecular weight is 288 g/mol. The summed E-state index contributed by atoms with van der Waals surface area (Å²) in [5, 5.41) is 11.9. The highest BCUT2D eigenvalue weighted by atomic mass is 16.4. The molecule has 2 rings (SSSR count). The summed E-state index contributed by atoms with van der Waals surface area (Å²) in [4.78, 5) is 25.2. The van der Waals surface area contributed by atoms with Gasteiger partial charge < -0.3 is 10.4 Å². The van der Waals surface area contributed by atoms with Gasteiger partial charge in [-0.15, -0.1) is 0 Å². The molecule has 1 atom stereocenters. The second-order valence-corrected chi connectivity index (χ2v) is 5.32. The summed E-state index contributed by atoms with van der Waals surface area (Å²) in [5.41, 5.74) is 2.24. The lowest BCUT2D eigenvalue weighted by Gasteiger charge is -2.30. The van der Waals surface area contributed by atoms with Crippen molar-refractivity contribution in [2.24, 2.45) is 0 Å². The first-order chi connectivity index (χ1) is 9.97. The standard InChI is InChI=1S/C16H20N2O3/c1-11-5-7-14(8-6-11)17-15(19)12(2)18-9-3-4-13(10-18)16(20)21/h4-8,12H,3,9-10H2,1-2H3,(H,17,19)(H,20,21). The smallest absolute Gasteiger partial charge is 0.332 e. The molecule has 0 aromatic heterocycles. The maximum atomic E-state index is 12.3. The molecule has 1 unspecified atom stereocenters. The van der Waals surface area contributed by atoms with Crippen LogP contribution in [0.1, 0.15) is 18.9 Å². The van der Waals surface area contributed by atoms with Gasteiger partial charge in [-0.05, 0) is 32.4 Å². The largest absolute Gasteiger partial charge is 0.478 e. The third kappa shape index (κ3) is 3.92. The maximum Gasteiger partial charge on any atom is 0.332 e. The predicted molar refractivity (Wildman–Crippen MR) is 81.2 cm³/mol. The molecule has 1 aliphatic heterocycles.